The number of fused-ring (bicyclic) bond motifs is 1. The van der Waals surface area contributed by atoms with Gasteiger partial charge in [-0.2, -0.15) is 0 Å². The largest absolute Gasteiger partial charge is 0.345 e. The number of anilines is 1. The van der Waals surface area contributed by atoms with E-state index >= 15 is 0 Å². The summed E-state index contributed by atoms with van der Waals surface area (Å²) in [4.78, 5) is 38.8. The van der Waals surface area contributed by atoms with Crippen molar-refractivity contribution in [2.45, 2.75) is 31.5 Å². The van der Waals surface area contributed by atoms with Crippen molar-refractivity contribution in [2.75, 3.05) is 17.2 Å². The number of nitro benzene ring substituents is 1. The van der Waals surface area contributed by atoms with Crippen LogP contribution in [0.1, 0.15) is 33.7 Å². The maximum Gasteiger partial charge on any atom is 0.273 e. The number of rotatable bonds is 8. The number of nitro groups is 1. The van der Waals surface area contributed by atoms with Crippen molar-refractivity contribution < 1.29 is 14.5 Å². The van der Waals surface area contributed by atoms with Crippen molar-refractivity contribution in [3.63, 3.8) is 0 Å². The zero-order valence-corrected chi connectivity index (χ0v) is 23.1. The first-order chi connectivity index (χ1) is 19.3. The van der Waals surface area contributed by atoms with Crippen molar-refractivity contribution in [3.8, 4) is 5.69 Å². The van der Waals surface area contributed by atoms with Gasteiger partial charge in [0.05, 0.1) is 22.9 Å². The van der Waals surface area contributed by atoms with Gasteiger partial charge in [-0.3, -0.25) is 24.3 Å². The zero-order chi connectivity index (χ0) is 28.2. The SMILES string of the molecule is Cc1c(C(=O)NCc2nnc(SCC(=O)N3CCCc4ccccc43)n2-c2cccc(Cl)c2)cccc1[N+](=O)[O-]. The minimum absolute atomic E-state index is 0.00547. The first-order valence-corrected chi connectivity index (χ1v) is 13.9. The minimum atomic E-state index is -0.519. The fourth-order valence-electron chi connectivity index (χ4n) is 4.70. The number of halogens is 1. The van der Waals surface area contributed by atoms with Crippen molar-refractivity contribution in [3.05, 3.63) is 104 Å². The van der Waals surface area contributed by atoms with Crippen LogP contribution in [0, 0.1) is 17.0 Å². The maximum atomic E-state index is 13.2. The summed E-state index contributed by atoms with van der Waals surface area (Å²) in [6, 6.07) is 19.4. The van der Waals surface area contributed by atoms with E-state index in [1.165, 1.54) is 36.9 Å². The first-order valence-electron chi connectivity index (χ1n) is 12.6. The van der Waals surface area contributed by atoms with Crippen LogP contribution in [0.5, 0.6) is 0 Å². The Morgan fingerprint density at radius 3 is 2.70 bits per heavy atom. The van der Waals surface area contributed by atoms with Gasteiger partial charge in [-0.1, -0.05) is 53.7 Å². The molecule has 4 aromatic rings. The molecule has 2 heterocycles. The fraction of sp³-hybridized carbons (Fsp3) is 0.214. The molecule has 1 aliphatic heterocycles. The molecule has 3 aromatic carbocycles. The number of para-hydroxylation sites is 1. The number of hydrogen-bond donors (Lipinski definition) is 1. The van der Waals surface area contributed by atoms with E-state index < -0.39 is 10.8 Å². The molecule has 1 N–H and O–H groups in total. The molecule has 2 amide bonds. The normalized spacial score (nSPS) is 12.6. The van der Waals surface area contributed by atoms with Crippen LogP contribution in [-0.2, 0) is 17.8 Å². The van der Waals surface area contributed by atoms with E-state index in [9.17, 15) is 19.7 Å². The summed E-state index contributed by atoms with van der Waals surface area (Å²) >= 11 is 7.51. The highest BCUT2D eigenvalue weighted by Crippen LogP contribution is 2.29. The standard InChI is InChI=1S/C28H25ClN6O4S/c1-18-22(11-5-13-23(18)35(38)39)27(37)30-16-25-31-32-28(34(25)21-10-4-9-20(29)15-21)40-17-26(36)33-14-6-8-19-7-2-3-12-24(19)33/h2-5,7,9-13,15H,6,8,14,16-17H2,1H3,(H,30,37). The van der Waals surface area contributed by atoms with Crippen molar-refractivity contribution in [1.29, 1.82) is 0 Å². The maximum absolute atomic E-state index is 13.2. The topological polar surface area (TPSA) is 123 Å². The quantitative estimate of drug-likeness (QED) is 0.175. The Morgan fingerprint density at radius 2 is 1.90 bits per heavy atom. The molecule has 1 aromatic heterocycles. The van der Waals surface area contributed by atoms with Crippen molar-refractivity contribution in [2.24, 2.45) is 0 Å². The number of thioether (sulfide) groups is 1. The van der Waals surface area contributed by atoms with Gasteiger partial charge in [0.1, 0.15) is 0 Å². The Kier molecular flexibility index (Phi) is 8.13. The summed E-state index contributed by atoms with van der Waals surface area (Å²) in [6.07, 6.45) is 1.85. The summed E-state index contributed by atoms with van der Waals surface area (Å²) in [5, 5.41) is 23.6. The number of amides is 2. The van der Waals surface area contributed by atoms with Crippen molar-refractivity contribution in [1.82, 2.24) is 20.1 Å². The lowest BCUT2D eigenvalue weighted by molar-refractivity contribution is -0.385. The minimum Gasteiger partial charge on any atom is -0.345 e. The lowest BCUT2D eigenvalue weighted by atomic mass is 10.0. The van der Waals surface area contributed by atoms with Gasteiger partial charge in [-0.05, 0) is 55.7 Å². The summed E-state index contributed by atoms with van der Waals surface area (Å²) in [7, 11) is 0. The number of aromatic nitrogens is 3. The van der Waals surface area contributed by atoms with E-state index in [0.29, 0.717) is 28.2 Å². The molecular weight excluding hydrogens is 552 g/mol. The van der Waals surface area contributed by atoms with Gasteiger partial charge in [0, 0.05) is 34.4 Å². The third-order valence-electron chi connectivity index (χ3n) is 6.66. The van der Waals surface area contributed by atoms with Crippen LogP contribution < -0.4 is 10.2 Å². The Balaban J connectivity index is 1.37. The second-order valence-corrected chi connectivity index (χ2v) is 10.5. The van der Waals surface area contributed by atoms with Crippen LogP contribution in [0.3, 0.4) is 0 Å². The molecule has 0 atom stereocenters. The second kappa shape index (κ2) is 11.9. The Bertz CT molecular complexity index is 1610. The average Bonchev–Trinajstić information content (AvgIpc) is 3.37. The molecule has 0 fully saturated rings. The van der Waals surface area contributed by atoms with E-state index in [1.54, 1.807) is 22.8 Å². The molecule has 40 heavy (non-hydrogen) atoms. The number of hydrogen-bond acceptors (Lipinski definition) is 7. The molecule has 0 saturated heterocycles. The Hall–Kier alpha value is -4.22. The number of nitrogens with zero attached hydrogens (tertiary/aromatic N) is 5. The lowest BCUT2D eigenvalue weighted by Gasteiger charge is -2.29. The zero-order valence-electron chi connectivity index (χ0n) is 21.5. The van der Waals surface area contributed by atoms with E-state index in [0.717, 1.165) is 24.1 Å². The van der Waals surface area contributed by atoms with Gasteiger partial charge in [-0.25, -0.2) is 0 Å². The van der Waals surface area contributed by atoms with E-state index in [2.05, 4.69) is 15.5 Å². The number of carbonyl (C=O) groups excluding carboxylic acids is 2. The highest BCUT2D eigenvalue weighted by Gasteiger charge is 2.24. The first kappa shape index (κ1) is 27.4. The third-order valence-corrected chi connectivity index (χ3v) is 7.81. The Labute approximate surface area is 239 Å². The lowest BCUT2D eigenvalue weighted by Crippen LogP contribution is -2.36. The van der Waals surface area contributed by atoms with Crippen LogP contribution in [0.4, 0.5) is 11.4 Å². The number of nitrogens with one attached hydrogen (secondary N) is 1. The molecule has 0 bridgehead atoms. The van der Waals surface area contributed by atoms with Crippen molar-refractivity contribution >= 4 is 46.6 Å². The van der Waals surface area contributed by atoms with E-state index in [4.69, 9.17) is 11.6 Å². The van der Waals surface area contributed by atoms with Crippen LogP contribution in [0.2, 0.25) is 5.02 Å². The smallest absolute Gasteiger partial charge is 0.273 e. The summed E-state index contributed by atoms with van der Waals surface area (Å²) in [6.45, 7) is 2.19. The third kappa shape index (κ3) is 5.70. The molecular formula is C28H25ClN6O4S. The fourth-order valence-corrected chi connectivity index (χ4v) is 5.73. The number of carbonyl (C=O) groups is 2. The molecule has 5 rings (SSSR count). The van der Waals surface area contributed by atoms with Crippen LogP contribution in [-0.4, -0.2) is 43.8 Å². The van der Waals surface area contributed by atoms with Gasteiger partial charge in [0.2, 0.25) is 5.91 Å². The predicted molar refractivity (Wildman–Crippen MR) is 153 cm³/mol. The molecule has 0 radical (unpaired) electrons. The summed E-state index contributed by atoms with van der Waals surface area (Å²) in [5.74, 6) is 0.0486. The van der Waals surface area contributed by atoms with E-state index in [-0.39, 0.29) is 35.0 Å². The van der Waals surface area contributed by atoms with Crippen LogP contribution in [0.25, 0.3) is 5.69 Å². The van der Waals surface area contributed by atoms with Crippen LogP contribution in [0.15, 0.2) is 71.9 Å². The van der Waals surface area contributed by atoms with Gasteiger partial charge in [-0.15, -0.1) is 10.2 Å². The predicted octanol–water partition coefficient (Wildman–Crippen LogP) is 5.14. The molecule has 0 unspecified atom stereocenters. The summed E-state index contributed by atoms with van der Waals surface area (Å²) in [5.41, 5.74) is 3.11. The number of aryl methyl sites for hydroxylation is 1. The number of benzene rings is 3. The van der Waals surface area contributed by atoms with Gasteiger partial charge >= 0.3 is 0 Å². The molecule has 204 valence electrons. The molecule has 1 aliphatic rings. The summed E-state index contributed by atoms with van der Waals surface area (Å²) < 4.78 is 1.74. The average molecular weight is 577 g/mol. The molecule has 10 nitrogen and oxygen atoms in total. The van der Waals surface area contributed by atoms with Crippen LogP contribution >= 0.6 is 23.4 Å². The van der Waals surface area contributed by atoms with Gasteiger partial charge < -0.3 is 10.2 Å². The molecule has 0 aliphatic carbocycles. The monoisotopic (exact) mass is 576 g/mol. The second-order valence-electron chi connectivity index (χ2n) is 9.17. The highest BCUT2D eigenvalue weighted by molar-refractivity contribution is 7.99. The molecule has 0 spiro atoms. The van der Waals surface area contributed by atoms with E-state index in [1.807, 2.05) is 35.2 Å². The van der Waals surface area contributed by atoms with Gasteiger partial charge in [0.15, 0.2) is 11.0 Å². The Morgan fingerprint density at radius 1 is 1.10 bits per heavy atom. The molecule has 12 heteroatoms. The van der Waals surface area contributed by atoms with Gasteiger partial charge in [0.25, 0.3) is 11.6 Å². The molecule has 0 saturated carbocycles. The highest BCUT2D eigenvalue weighted by atomic mass is 35.5.